The molecule has 0 radical (unpaired) electrons. The number of methoxy groups -OCH3 is 2. The number of nitrogens with zero attached hydrogens (tertiary/aromatic N) is 2. The maximum atomic E-state index is 12.0. The van der Waals surface area contributed by atoms with Crippen LogP contribution in [-0.2, 0) is 20.8 Å². The predicted octanol–water partition coefficient (Wildman–Crippen LogP) is 1.94. The zero-order chi connectivity index (χ0) is 15.2. The number of nitrogens with two attached hydrogens (primary N) is 1. The van der Waals surface area contributed by atoms with Gasteiger partial charge in [0.2, 0.25) is 12.2 Å². The van der Waals surface area contributed by atoms with Crippen LogP contribution in [0.5, 0.6) is 0 Å². The fourth-order valence-corrected chi connectivity index (χ4v) is 1.80. The second-order valence-electron chi connectivity index (χ2n) is 4.24. The summed E-state index contributed by atoms with van der Waals surface area (Å²) >= 11 is 0. The van der Waals surface area contributed by atoms with Crippen molar-refractivity contribution in [3.63, 3.8) is 0 Å². The molecular weight excluding hydrogens is 274 g/mol. The molecule has 1 heterocycles. The van der Waals surface area contributed by atoms with Gasteiger partial charge >= 0.3 is 6.09 Å². The van der Waals surface area contributed by atoms with E-state index in [0.29, 0.717) is 5.69 Å². The molecule has 2 N–H and O–H groups in total. The van der Waals surface area contributed by atoms with Crippen LogP contribution in [0.1, 0.15) is 17.5 Å². The zero-order valence-electron chi connectivity index (χ0n) is 11.9. The smallest absolute Gasteiger partial charge is 0.421 e. The van der Waals surface area contributed by atoms with Crippen LogP contribution < -0.4 is 5.73 Å². The first-order valence-corrected chi connectivity index (χ1v) is 6.27. The number of benzene rings is 1. The average Bonchev–Trinajstić information content (AvgIpc) is 2.89. The normalized spacial score (nSPS) is 10.8. The highest BCUT2D eigenvalue weighted by Crippen LogP contribution is 2.18. The summed E-state index contributed by atoms with van der Waals surface area (Å²) in [5, 5.41) is 0. The van der Waals surface area contributed by atoms with Gasteiger partial charge in [-0.1, -0.05) is 30.3 Å². The molecule has 0 saturated carbocycles. The van der Waals surface area contributed by atoms with Gasteiger partial charge < -0.3 is 19.9 Å². The molecule has 21 heavy (non-hydrogen) atoms. The zero-order valence-corrected chi connectivity index (χ0v) is 11.9. The molecule has 0 aliphatic carbocycles. The van der Waals surface area contributed by atoms with Crippen LogP contribution in [0.4, 0.5) is 10.7 Å². The van der Waals surface area contributed by atoms with Gasteiger partial charge in [0.1, 0.15) is 12.3 Å². The quantitative estimate of drug-likeness (QED) is 0.847. The average molecular weight is 291 g/mol. The van der Waals surface area contributed by atoms with Crippen molar-refractivity contribution >= 4 is 12.0 Å². The number of carbonyl (C=O) groups excluding carboxylic acids is 1. The summed E-state index contributed by atoms with van der Waals surface area (Å²) < 4.78 is 16.4. The van der Waals surface area contributed by atoms with E-state index < -0.39 is 12.4 Å². The van der Waals surface area contributed by atoms with Gasteiger partial charge in [0.25, 0.3) is 0 Å². The Hall–Kier alpha value is -2.38. The molecule has 2 aromatic rings. The molecule has 1 aromatic heterocycles. The van der Waals surface area contributed by atoms with Crippen LogP contribution in [0, 0.1) is 0 Å². The summed E-state index contributed by atoms with van der Waals surface area (Å²) in [7, 11) is 2.94. The number of aromatic nitrogens is 2. The Kier molecular flexibility index (Phi) is 4.91. The number of anilines is 1. The van der Waals surface area contributed by atoms with Crippen molar-refractivity contribution in [1.82, 2.24) is 9.55 Å². The molecule has 0 fully saturated rings. The summed E-state index contributed by atoms with van der Waals surface area (Å²) in [6, 6.07) is 9.36. The Labute approximate surface area is 122 Å². The number of imidazole rings is 1. The Bertz CT molecular complexity index is 594. The number of hydrogen-bond acceptors (Lipinski definition) is 6. The van der Waals surface area contributed by atoms with Crippen molar-refractivity contribution in [1.29, 1.82) is 0 Å². The van der Waals surface area contributed by atoms with Crippen LogP contribution in [0.3, 0.4) is 0 Å². The van der Waals surface area contributed by atoms with Crippen molar-refractivity contribution in [3.05, 3.63) is 47.8 Å². The highest BCUT2D eigenvalue weighted by molar-refractivity contribution is 5.73. The van der Waals surface area contributed by atoms with E-state index in [-0.39, 0.29) is 12.6 Å². The van der Waals surface area contributed by atoms with Crippen molar-refractivity contribution in [2.45, 2.75) is 12.9 Å². The SMILES string of the molecule is COC(OC)c1cn(C(=O)OCc2ccccc2)c(N)n1. The number of carbonyl (C=O) groups is 1. The number of ether oxygens (including phenoxy) is 3. The minimum Gasteiger partial charge on any atom is -0.444 e. The summed E-state index contributed by atoms with van der Waals surface area (Å²) in [4.78, 5) is 16.0. The van der Waals surface area contributed by atoms with Gasteiger partial charge in [0.15, 0.2) is 0 Å². The molecule has 0 bridgehead atoms. The number of nitrogen functional groups attached to an aromatic ring is 1. The van der Waals surface area contributed by atoms with Crippen LogP contribution in [0.25, 0.3) is 0 Å². The van der Waals surface area contributed by atoms with Gasteiger partial charge in [0.05, 0.1) is 0 Å². The van der Waals surface area contributed by atoms with E-state index in [1.165, 1.54) is 20.4 Å². The molecule has 2 rings (SSSR count). The number of hydrogen-bond donors (Lipinski definition) is 1. The maximum absolute atomic E-state index is 12.0. The lowest BCUT2D eigenvalue weighted by molar-refractivity contribution is -0.108. The van der Waals surface area contributed by atoms with Gasteiger partial charge in [0, 0.05) is 20.4 Å². The topological polar surface area (TPSA) is 88.6 Å². The minimum absolute atomic E-state index is 0.0159. The Morgan fingerprint density at radius 3 is 2.57 bits per heavy atom. The van der Waals surface area contributed by atoms with Crippen molar-refractivity contribution in [2.75, 3.05) is 20.0 Å². The summed E-state index contributed by atoms with van der Waals surface area (Å²) in [6.07, 6.45) is 0.136. The summed E-state index contributed by atoms with van der Waals surface area (Å²) in [6.45, 7) is 0.157. The number of rotatable bonds is 5. The second kappa shape index (κ2) is 6.87. The molecular formula is C14H17N3O4. The van der Waals surface area contributed by atoms with Crippen LogP contribution in [0.2, 0.25) is 0 Å². The molecule has 7 nitrogen and oxygen atoms in total. The first kappa shape index (κ1) is 15.0. The van der Waals surface area contributed by atoms with Gasteiger partial charge in [-0.05, 0) is 5.56 Å². The van der Waals surface area contributed by atoms with Crippen molar-refractivity contribution in [2.24, 2.45) is 0 Å². The summed E-state index contributed by atoms with van der Waals surface area (Å²) in [5.74, 6) is 0.0159. The molecule has 0 saturated heterocycles. The van der Waals surface area contributed by atoms with Crippen LogP contribution in [0.15, 0.2) is 36.5 Å². The second-order valence-corrected chi connectivity index (χ2v) is 4.24. The molecule has 0 unspecified atom stereocenters. The van der Waals surface area contributed by atoms with E-state index in [1.807, 2.05) is 30.3 Å². The molecule has 7 heteroatoms. The molecule has 1 aromatic carbocycles. The van der Waals surface area contributed by atoms with Crippen molar-refractivity contribution in [3.8, 4) is 0 Å². The van der Waals surface area contributed by atoms with E-state index in [4.69, 9.17) is 19.9 Å². The van der Waals surface area contributed by atoms with E-state index >= 15 is 0 Å². The molecule has 0 amide bonds. The molecule has 0 spiro atoms. The van der Waals surface area contributed by atoms with Gasteiger partial charge in [-0.3, -0.25) is 0 Å². The maximum Gasteiger partial charge on any atom is 0.421 e. The Morgan fingerprint density at radius 1 is 1.29 bits per heavy atom. The highest BCUT2D eigenvalue weighted by atomic mass is 16.7. The van der Waals surface area contributed by atoms with Crippen molar-refractivity contribution < 1.29 is 19.0 Å². The Morgan fingerprint density at radius 2 is 1.95 bits per heavy atom. The van der Waals surface area contributed by atoms with Gasteiger partial charge in [-0.15, -0.1) is 0 Å². The van der Waals surface area contributed by atoms with Gasteiger partial charge in [-0.25, -0.2) is 14.3 Å². The van der Waals surface area contributed by atoms with E-state index in [0.717, 1.165) is 10.1 Å². The van der Waals surface area contributed by atoms with E-state index in [2.05, 4.69) is 4.98 Å². The minimum atomic E-state index is -0.685. The third kappa shape index (κ3) is 3.59. The lowest BCUT2D eigenvalue weighted by Crippen LogP contribution is -2.15. The van der Waals surface area contributed by atoms with Crippen LogP contribution >= 0.6 is 0 Å². The fourth-order valence-electron chi connectivity index (χ4n) is 1.80. The lowest BCUT2D eigenvalue weighted by Gasteiger charge is -2.09. The van der Waals surface area contributed by atoms with E-state index in [9.17, 15) is 4.79 Å². The fraction of sp³-hybridized carbons (Fsp3) is 0.286. The highest BCUT2D eigenvalue weighted by Gasteiger charge is 2.19. The Balaban J connectivity index is 2.05. The first-order chi connectivity index (χ1) is 10.2. The van der Waals surface area contributed by atoms with Gasteiger partial charge in [-0.2, -0.15) is 0 Å². The predicted molar refractivity (Wildman–Crippen MR) is 75.4 cm³/mol. The molecule has 0 aliphatic rings. The monoisotopic (exact) mass is 291 g/mol. The van der Waals surface area contributed by atoms with E-state index in [1.54, 1.807) is 0 Å². The third-order valence-electron chi connectivity index (χ3n) is 2.82. The van der Waals surface area contributed by atoms with Crippen LogP contribution in [-0.4, -0.2) is 29.9 Å². The third-order valence-corrected chi connectivity index (χ3v) is 2.82. The first-order valence-electron chi connectivity index (χ1n) is 6.27. The molecule has 0 aliphatic heterocycles. The largest absolute Gasteiger partial charge is 0.444 e. The lowest BCUT2D eigenvalue weighted by atomic mass is 10.2. The molecule has 112 valence electrons. The molecule has 0 atom stereocenters. The summed E-state index contributed by atoms with van der Waals surface area (Å²) in [5.41, 5.74) is 6.98. The standard InChI is InChI=1S/C14H17N3O4/c1-19-12(20-2)11-8-17(13(15)16-11)14(18)21-9-10-6-4-3-5-7-10/h3-8,12H,9H2,1-2H3,(H2,15,16).